The van der Waals surface area contributed by atoms with Gasteiger partial charge in [0.25, 0.3) is 0 Å². The maximum Gasteiger partial charge on any atom is 0.181 e. The summed E-state index contributed by atoms with van der Waals surface area (Å²) in [5.74, 6) is 2.38. The highest BCUT2D eigenvalue weighted by Crippen LogP contribution is 2.31. The first-order chi connectivity index (χ1) is 10.8. The summed E-state index contributed by atoms with van der Waals surface area (Å²) in [6.45, 7) is 3.99. The molecule has 2 aromatic rings. The van der Waals surface area contributed by atoms with Crippen LogP contribution in [0.1, 0.15) is 24.6 Å². The first-order valence-corrected chi connectivity index (χ1v) is 7.94. The van der Waals surface area contributed by atoms with Crippen molar-refractivity contribution >= 4 is 0 Å². The number of hydrogen-bond donors (Lipinski definition) is 0. The molecule has 2 aromatic heterocycles. The van der Waals surface area contributed by atoms with Crippen LogP contribution in [0.5, 0.6) is 0 Å². The molecule has 0 radical (unpaired) electrons. The average Bonchev–Trinajstić information content (AvgIpc) is 2.90. The van der Waals surface area contributed by atoms with Crippen LogP contribution in [-0.4, -0.2) is 57.0 Å². The summed E-state index contributed by atoms with van der Waals surface area (Å²) in [6.07, 6.45) is 5.88. The second-order valence-electron chi connectivity index (χ2n) is 6.15. The lowest BCUT2D eigenvalue weighted by Gasteiger charge is -2.45. The number of aryl methyl sites for hydroxylation is 1. The third kappa shape index (κ3) is 2.53. The molecule has 0 bridgehead atoms. The Kier molecular flexibility index (Phi) is 3.63. The fourth-order valence-corrected chi connectivity index (χ4v) is 3.40. The molecule has 0 aliphatic carbocycles. The van der Waals surface area contributed by atoms with Crippen molar-refractivity contribution in [2.75, 3.05) is 26.3 Å². The van der Waals surface area contributed by atoms with Gasteiger partial charge < -0.3 is 4.74 Å². The van der Waals surface area contributed by atoms with E-state index < -0.39 is 0 Å². The largest absolute Gasteiger partial charge is 0.381 e. The van der Waals surface area contributed by atoms with Crippen molar-refractivity contribution in [2.45, 2.75) is 24.8 Å². The number of nitrogens with zero attached hydrogens (tertiary/aromatic N) is 5. The van der Waals surface area contributed by atoms with Crippen LogP contribution in [0, 0.1) is 0 Å². The Morgan fingerprint density at radius 2 is 1.86 bits per heavy atom. The summed E-state index contributed by atoms with van der Waals surface area (Å²) in [7, 11) is 1.99. The van der Waals surface area contributed by atoms with E-state index in [-0.39, 0.29) is 0 Å². The fraction of sp³-hybridized carbons (Fsp3) is 0.562. The van der Waals surface area contributed by atoms with Crippen molar-refractivity contribution in [1.82, 2.24) is 24.6 Å². The van der Waals surface area contributed by atoms with E-state index in [4.69, 9.17) is 9.72 Å². The van der Waals surface area contributed by atoms with Crippen molar-refractivity contribution in [3.05, 3.63) is 30.4 Å². The van der Waals surface area contributed by atoms with Gasteiger partial charge in [0.1, 0.15) is 5.82 Å². The third-order valence-electron chi connectivity index (χ3n) is 4.72. The molecule has 0 spiro atoms. The normalized spacial score (nSPS) is 21.0. The van der Waals surface area contributed by atoms with Crippen molar-refractivity contribution in [1.29, 1.82) is 0 Å². The van der Waals surface area contributed by atoms with Gasteiger partial charge in [0, 0.05) is 63.3 Å². The minimum atomic E-state index is 0.496. The summed E-state index contributed by atoms with van der Waals surface area (Å²) in [4.78, 5) is 11.4. The zero-order valence-corrected chi connectivity index (χ0v) is 12.9. The summed E-state index contributed by atoms with van der Waals surface area (Å²) in [5, 5.41) is 4.56. The van der Waals surface area contributed by atoms with Crippen molar-refractivity contribution in [3.8, 4) is 11.4 Å². The molecule has 2 saturated heterocycles. The van der Waals surface area contributed by atoms with Gasteiger partial charge in [-0.3, -0.25) is 14.6 Å². The van der Waals surface area contributed by atoms with Gasteiger partial charge in [-0.15, -0.1) is 0 Å². The smallest absolute Gasteiger partial charge is 0.181 e. The lowest BCUT2D eigenvalue weighted by atomic mass is 9.94. The lowest BCUT2D eigenvalue weighted by Crippen LogP contribution is -2.52. The van der Waals surface area contributed by atoms with Crippen molar-refractivity contribution in [3.63, 3.8) is 0 Å². The van der Waals surface area contributed by atoms with Crippen LogP contribution in [-0.2, 0) is 11.8 Å². The Balaban J connectivity index is 1.45. The molecule has 6 nitrogen and oxygen atoms in total. The van der Waals surface area contributed by atoms with Crippen LogP contribution < -0.4 is 0 Å². The Morgan fingerprint density at radius 3 is 2.59 bits per heavy atom. The quantitative estimate of drug-likeness (QED) is 0.859. The summed E-state index contributed by atoms with van der Waals surface area (Å²) < 4.78 is 7.38. The van der Waals surface area contributed by atoms with E-state index in [1.54, 1.807) is 12.4 Å². The number of rotatable bonds is 3. The molecule has 2 fully saturated rings. The second kappa shape index (κ2) is 5.78. The molecule has 4 heterocycles. The van der Waals surface area contributed by atoms with E-state index in [1.165, 1.54) is 0 Å². The van der Waals surface area contributed by atoms with Gasteiger partial charge in [0.05, 0.1) is 0 Å². The molecular formula is C16H21N5O. The van der Waals surface area contributed by atoms with Gasteiger partial charge in [-0.25, -0.2) is 4.98 Å². The van der Waals surface area contributed by atoms with Crippen molar-refractivity contribution in [2.24, 2.45) is 7.05 Å². The van der Waals surface area contributed by atoms with E-state index in [1.807, 2.05) is 23.9 Å². The molecule has 0 unspecified atom stereocenters. The van der Waals surface area contributed by atoms with Gasteiger partial charge >= 0.3 is 0 Å². The molecule has 0 saturated carbocycles. The molecular weight excluding hydrogens is 278 g/mol. The highest BCUT2D eigenvalue weighted by atomic mass is 16.5. The zero-order chi connectivity index (χ0) is 14.9. The molecule has 0 aromatic carbocycles. The van der Waals surface area contributed by atoms with Crippen LogP contribution in [0.15, 0.2) is 24.5 Å². The summed E-state index contributed by atoms with van der Waals surface area (Å²) >= 11 is 0. The maximum absolute atomic E-state index is 5.44. The Morgan fingerprint density at radius 1 is 1.14 bits per heavy atom. The molecule has 22 heavy (non-hydrogen) atoms. The van der Waals surface area contributed by atoms with Crippen molar-refractivity contribution < 1.29 is 4.74 Å². The standard InChI is InChI=1S/C16H21N5O/c1-20-16(18-15(19-20)12-2-6-17-7-3-12)13-10-21(11-13)14-4-8-22-9-5-14/h2-3,6-7,13-14H,4-5,8-11H2,1H3. The van der Waals surface area contributed by atoms with E-state index in [9.17, 15) is 0 Å². The molecule has 2 aliphatic heterocycles. The monoisotopic (exact) mass is 299 g/mol. The number of likely N-dealkylation sites (tertiary alicyclic amines) is 1. The van der Waals surface area contributed by atoms with Crippen LogP contribution in [0.2, 0.25) is 0 Å². The first-order valence-electron chi connectivity index (χ1n) is 7.94. The topological polar surface area (TPSA) is 56.1 Å². The number of hydrogen-bond acceptors (Lipinski definition) is 5. The van der Waals surface area contributed by atoms with Crippen LogP contribution in [0.3, 0.4) is 0 Å². The minimum Gasteiger partial charge on any atom is -0.381 e. The summed E-state index contributed by atoms with van der Waals surface area (Å²) in [6, 6.07) is 4.60. The Bertz CT molecular complexity index is 629. The second-order valence-corrected chi connectivity index (χ2v) is 6.15. The van der Waals surface area contributed by atoms with E-state index in [0.717, 1.165) is 56.4 Å². The van der Waals surface area contributed by atoms with Gasteiger partial charge in [-0.05, 0) is 25.0 Å². The molecule has 116 valence electrons. The predicted octanol–water partition coefficient (Wildman–Crippen LogP) is 1.46. The lowest BCUT2D eigenvalue weighted by molar-refractivity contribution is -0.000181. The summed E-state index contributed by atoms with van der Waals surface area (Å²) in [5.41, 5.74) is 1.03. The molecule has 2 aliphatic rings. The molecule has 0 atom stereocenters. The molecule has 0 amide bonds. The number of pyridine rings is 1. The number of ether oxygens (including phenoxy) is 1. The van der Waals surface area contributed by atoms with Gasteiger partial charge in [0.2, 0.25) is 0 Å². The van der Waals surface area contributed by atoms with Crippen LogP contribution in [0.4, 0.5) is 0 Å². The third-order valence-corrected chi connectivity index (χ3v) is 4.72. The predicted molar refractivity (Wildman–Crippen MR) is 82.4 cm³/mol. The highest BCUT2D eigenvalue weighted by Gasteiger charge is 2.36. The Hall–Kier alpha value is -1.79. The maximum atomic E-state index is 5.44. The average molecular weight is 299 g/mol. The fourth-order valence-electron chi connectivity index (χ4n) is 3.40. The van der Waals surface area contributed by atoms with E-state index in [2.05, 4.69) is 15.0 Å². The molecule has 4 rings (SSSR count). The molecule has 0 N–H and O–H groups in total. The highest BCUT2D eigenvalue weighted by molar-refractivity contribution is 5.53. The minimum absolute atomic E-state index is 0.496. The number of aromatic nitrogens is 4. The SMILES string of the molecule is Cn1nc(-c2ccncc2)nc1C1CN(C2CCOCC2)C1. The Labute approximate surface area is 130 Å². The van der Waals surface area contributed by atoms with E-state index in [0.29, 0.717) is 12.0 Å². The van der Waals surface area contributed by atoms with Gasteiger partial charge in [-0.1, -0.05) is 0 Å². The first kappa shape index (κ1) is 13.8. The van der Waals surface area contributed by atoms with E-state index >= 15 is 0 Å². The zero-order valence-electron chi connectivity index (χ0n) is 12.9. The van der Waals surface area contributed by atoms with Crippen LogP contribution >= 0.6 is 0 Å². The van der Waals surface area contributed by atoms with Gasteiger partial charge in [0.15, 0.2) is 5.82 Å². The van der Waals surface area contributed by atoms with Gasteiger partial charge in [-0.2, -0.15) is 5.10 Å². The van der Waals surface area contributed by atoms with Crippen LogP contribution in [0.25, 0.3) is 11.4 Å². The molecule has 6 heteroatoms.